The summed E-state index contributed by atoms with van der Waals surface area (Å²) in [5.41, 5.74) is 0.263. The molecule has 0 saturated carbocycles. The van der Waals surface area contributed by atoms with Gasteiger partial charge in [-0.05, 0) is 60.0 Å². The van der Waals surface area contributed by atoms with Crippen LogP contribution in [0.5, 0.6) is 5.75 Å². The lowest BCUT2D eigenvalue weighted by atomic mass is 9.96. The Labute approximate surface area is 195 Å². The van der Waals surface area contributed by atoms with Gasteiger partial charge in [0, 0.05) is 30.8 Å². The molecule has 1 amide bonds. The van der Waals surface area contributed by atoms with Gasteiger partial charge in [0.05, 0.1) is 26.9 Å². The van der Waals surface area contributed by atoms with E-state index >= 15 is 0 Å². The van der Waals surface area contributed by atoms with Crippen LogP contribution in [0.25, 0.3) is 10.2 Å². The number of thiazole rings is 1. The summed E-state index contributed by atoms with van der Waals surface area (Å²) in [7, 11) is 0. The van der Waals surface area contributed by atoms with Gasteiger partial charge in [-0.25, -0.2) is 4.98 Å². The van der Waals surface area contributed by atoms with Crippen LogP contribution in [0.4, 0.5) is 24.0 Å². The van der Waals surface area contributed by atoms with Crippen molar-refractivity contribution in [3.05, 3.63) is 46.4 Å². The third-order valence-electron chi connectivity index (χ3n) is 5.32. The number of carbonyl (C=O) groups excluding carboxylic acids is 1. The van der Waals surface area contributed by atoms with Gasteiger partial charge in [0.1, 0.15) is 5.75 Å². The summed E-state index contributed by atoms with van der Waals surface area (Å²) < 4.78 is 46.2. The molecule has 0 bridgehead atoms. The molecule has 1 aliphatic heterocycles. The molecule has 1 fully saturated rings. The zero-order valence-electron chi connectivity index (χ0n) is 17.2. The molecule has 2 heterocycles. The van der Waals surface area contributed by atoms with Gasteiger partial charge in [-0.1, -0.05) is 17.4 Å². The number of nitrogens with zero attached hydrogens (tertiary/aromatic N) is 2. The average molecular weight is 528 g/mol. The van der Waals surface area contributed by atoms with E-state index in [1.54, 1.807) is 11.3 Å². The molecule has 1 N–H and O–H groups in total. The van der Waals surface area contributed by atoms with Crippen molar-refractivity contribution in [1.82, 2.24) is 4.98 Å². The fraction of sp³-hybridized carbons (Fsp3) is 0.364. The first-order valence-electron chi connectivity index (χ1n) is 10.2. The highest BCUT2D eigenvalue weighted by Crippen LogP contribution is 2.37. The Morgan fingerprint density at radius 2 is 2.03 bits per heavy atom. The Kier molecular flexibility index (Phi) is 6.62. The summed E-state index contributed by atoms with van der Waals surface area (Å²) in [4.78, 5) is 19.5. The number of alkyl halides is 3. The lowest BCUT2D eigenvalue weighted by Gasteiger charge is -2.31. The summed E-state index contributed by atoms with van der Waals surface area (Å²) in [6, 6.07) is 8.63. The molecular weight excluding hydrogens is 507 g/mol. The SMILES string of the molecule is CCOc1cc2sc(N3CCC(C(=O)Nc4cccc(C(F)(F)F)c4)CC3)nc2cc1Br. The van der Waals surface area contributed by atoms with E-state index in [1.165, 1.54) is 12.1 Å². The van der Waals surface area contributed by atoms with E-state index < -0.39 is 11.7 Å². The Hall–Kier alpha value is -2.33. The topological polar surface area (TPSA) is 54.5 Å². The van der Waals surface area contributed by atoms with Crippen molar-refractivity contribution < 1.29 is 22.7 Å². The number of piperidine rings is 1. The average Bonchev–Trinajstić information content (AvgIpc) is 3.16. The third kappa shape index (κ3) is 5.01. The van der Waals surface area contributed by atoms with E-state index in [0.29, 0.717) is 32.5 Å². The van der Waals surface area contributed by atoms with Crippen LogP contribution in [0, 0.1) is 5.92 Å². The second kappa shape index (κ2) is 9.27. The molecule has 3 aromatic rings. The molecule has 0 unspecified atom stereocenters. The summed E-state index contributed by atoms with van der Waals surface area (Å²) in [6.07, 6.45) is -3.23. The van der Waals surface area contributed by atoms with Crippen molar-refractivity contribution in [2.75, 3.05) is 29.9 Å². The number of rotatable bonds is 5. The Bertz CT molecular complexity index is 1130. The summed E-state index contributed by atoms with van der Waals surface area (Å²) >= 11 is 5.08. The van der Waals surface area contributed by atoms with Crippen molar-refractivity contribution in [2.45, 2.75) is 25.9 Å². The Balaban J connectivity index is 1.39. The predicted octanol–water partition coefficient (Wildman–Crippen LogP) is 6.33. The summed E-state index contributed by atoms with van der Waals surface area (Å²) in [5.74, 6) is 0.271. The molecule has 0 aliphatic carbocycles. The molecule has 1 aromatic heterocycles. The van der Waals surface area contributed by atoms with Crippen LogP contribution in [-0.4, -0.2) is 30.6 Å². The van der Waals surface area contributed by atoms with Crippen molar-refractivity contribution in [3.63, 3.8) is 0 Å². The predicted molar refractivity (Wildman–Crippen MR) is 123 cm³/mol. The van der Waals surface area contributed by atoms with Gasteiger partial charge in [-0.3, -0.25) is 4.79 Å². The fourth-order valence-electron chi connectivity index (χ4n) is 3.67. The lowest BCUT2D eigenvalue weighted by Crippen LogP contribution is -2.38. The fourth-order valence-corrected chi connectivity index (χ4v) is 5.14. The standard InChI is InChI=1S/C22H21BrF3N3O2S/c1-2-31-18-12-19-17(11-16(18)23)28-21(32-19)29-8-6-13(7-9-29)20(30)27-15-5-3-4-14(10-15)22(24,25)26/h3-5,10-13H,2,6-9H2,1H3,(H,27,30). The van der Waals surface area contributed by atoms with Gasteiger partial charge in [0.15, 0.2) is 5.13 Å². The number of anilines is 2. The van der Waals surface area contributed by atoms with Gasteiger partial charge in [-0.2, -0.15) is 13.2 Å². The molecule has 0 radical (unpaired) electrons. The van der Waals surface area contributed by atoms with Crippen molar-refractivity contribution >= 4 is 54.2 Å². The molecule has 1 aliphatic rings. The highest BCUT2D eigenvalue weighted by atomic mass is 79.9. The smallest absolute Gasteiger partial charge is 0.416 e. The van der Waals surface area contributed by atoms with Crippen LogP contribution in [0.1, 0.15) is 25.3 Å². The van der Waals surface area contributed by atoms with Crippen molar-refractivity contribution in [1.29, 1.82) is 0 Å². The van der Waals surface area contributed by atoms with Crippen LogP contribution < -0.4 is 15.0 Å². The second-order valence-corrected chi connectivity index (χ2v) is 9.37. The van der Waals surface area contributed by atoms with Crippen LogP contribution in [0.2, 0.25) is 0 Å². The minimum Gasteiger partial charge on any atom is -0.493 e. The van der Waals surface area contributed by atoms with E-state index in [9.17, 15) is 18.0 Å². The van der Waals surface area contributed by atoms with Crippen molar-refractivity contribution in [2.24, 2.45) is 5.92 Å². The van der Waals surface area contributed by atoms with Gasteiger partial charge in [0.2, 0.25) is 5.91 Å². The number of carbonyl (C=O) groups is 1. The maximum absolute atomic E-state index is 12.9. The lowest BCUT2D eigenvalue weighted by molar-refractivity contribution is -0.137. The van der Waals surface area contributed by atoms with E-state index in [2.05, 4.69) is 26.1 Å². The van der Waals surface area contributed by atoms with Crippen LogP contribution in [0.15, 0.2) is 40.9 Å². The molecule has 10 heteroatoms. The third-order valence-corrected chi connectivity index (χ3v) is 7.02. The molecule has 0 spiro atoms. The van der Waals surface area contributed by atoms with Crippen LogP contribution >= 0.6 is 27.3 Å². The number of aromatic nitrogens is 1. The van der Waals surface area contributed by atoms with E-state index in [0.717, 1.165) is 37.7 Å². The number of amides is 1. The van der Waals surface area contributed by atoms with E-state index in [-0.39, 0.29) is 17.5 Å². The van der Waals surface area contributed by atoms with Gasteiger partial charge >= 0.3 is 6.18 Å². The maximum atomic E-state index is 12.9. The zero-order chi connectivity index (χ0) is 22.9. The van der Waals surface area contributed by atoms with Crippen LogP contribution in [0.3, 0.4) is 0 Å². The zero-order valence-corrected chi connectivity index (χ0v) is 19.6. The molecular formula is C22H21BrF3N3O2S. The Morgan fingerprint density at radius 3 is 2.72 bits per heavy atom. The minimum atomic E-state index is -4.44. The molecule has 5 nitrogen and oxygen atoms in total. The van der Waals surface area contributed by atoms with E-state index in [4.69, 9.17) is 9.72 Å². The molecule has 1 saturated heterocycles. The number of hydrogen-bond acceptors (Lipinski definition) is 5. The summed E-state index contributed by atoms with van der Waals surface area (Å²) in [5, 5.41) is 3.52. The number of fused-ring (bicyclic) bond motifs is 1. The second-order valence-electron chi connectivity index (χ2n) is 7.51. The number of halogens is 4. The molecule has 32 heavy (non-hydrogen) atoms. The largest absolute Gasteiger partial charge is 0.493 e. The quantitative estimate of drug-likeness (QED) is 0.421. The molecule has 4 rings (SSSR count). The van der Waals surface area contributed by atoms with E-state index in [1.807, 2.05) is 19.1 Å². The number of benzene rings is 2. The normalized spacial score (nSPS) is 15.2. The first kappa shape index (κ1) is 22.8. The first-order chi connectivity index (χ1) is 15.2. The number of hydrogen-bond donors (Lipinski definition) is 1. The summed E-state index contributed by atoms with van der Waals surface area (Å²) in [6.45, 7) is 3.81. The van der Waals surface area contributed by atoms with Gasteiger partial charge < -0.3 is 15.0 Å². The molecule has 2 aromatic carbocycles. The molecule has 0 atom stereocenters. The minimum absolute atomic E-state index is 0.161. The highest BCUT2D eigenvalue weighted by molar-refractivity contribution is 9.10. The number of ether oxygens (including phenoxy) is 1. The monoisotopic (exact) mass is 527 g/mol. The first-order valence-corrected chi connectivity index (χ1v) is 11.8. The van der Waals surface area contributed by atoms with Crippen molar-refractivity contribution in [3.8, 4) is 5.75 Å². The molecule has 170 valence electrons. The maximum Gasteiger partial charge on any atom is 0.416 e. The number of nitrogens with one attached hydrogen (secondary N) is 1. The van der Waals surface area contributed by atoms with Gasteiger partial charge in [-0.15, -0.1) is 0 Å². The van der Waals surface area contributed by atoms with Crippen LogP contribution in [-0.2, 0) is 11.0 Å². The highest BCUT2D eigenvalue weighted by Gasteiger charge is 2.31. The van der Waals surface area contributed by atoms with Gasteiger partial charge in [0.25, 0.3) is 0 Å². The Morgan fingerprint density at radius 1 is 1.28 bits per heavy atom.